The summed E-state index contributed by atoms with van der Waals surface area (Å²) in [5.74, 6) is 1.88. The topological polar surface area (TPSA) is 152 Å². The van der Waals surface area contributed by atoms with E-state index in [1.165, 1.54) is 6.07 Å². The van der Waals surface area contributed by atoms with Crippen LogP contribution in [0.2, 0.25) is 0 Å². The molecule has 8 rings (SSSR count). The number of oxazole rings is 2. The van der Waals surface area contributed by atoms with Gasteiger partial charge < -0.3 is 18.1 Å². The second-order valence-electron chi connectivity index (χ2n) is 16.4. The van der Waals surface area contributed by atoms with Crippen molar-refractivity contribution < 1.29 is 22.4 Å². The van der Waals surface area contributed by atoms with Crippen molar-refractivity contribution in [1.82, 2.24) is 39.2 Å². The summed E-state index contributed by atoms with van der Waals surface area (Å²) in [6.45, 7) is 10.9. The number of nitriles is 1. The van der Waals surface area contributed by atoms with Gasteiger partial charge in [0.05, 0.1) is 41.6 Å². The maximum Gasteiger partial charge on any atom is 0.280 e. The molecule has 7 aromatic heterocycles. The Bertz CT molecular complexity index is 2720. The van der Waals surface area contributed by atoms with E-state index >= 15 is 0 Å². The van der Waals surface area contributed by atoms with Gasteiger partial charge in [-0.2, -0.15) is 5.26 Å². The average Bonchev–Trinajstić information content (AvgIpc) is 3.97. The first-order chi connectivity index (χ1) is 27.1. The number of amides is 1. The van der Waals surface area contributed by atoms with Crippen LogP contribution in [0.5, 0.6) is 0 Å². The van der Waals surface area contributed by atoms with Gasteiger partial charge in [0.2, 0.25) is 0 Å². The van der Waals surface area contributed by atoms with Gasteiger partial charge in [0.25, 0.3) is 12.3 Å². The third-order valence-electron chi connectivity index (χ3n) is 9.83. The van der Waals surface area contributed by atoms with Crippen molar-refractivity contribution in [3.05, 3.63) is 114 Å². The summed E-state index contributed by atoms with van der Waals surface area (Å²) in [6, 6.07) is 13.8. The van der Waals surface area contributed by atoms with Gasteiger partial charge in [0.15, 0.2) is 23.3 Å². The average molecular weight is 768 g/mol. The van der Waals surface area contributed by atoms with E-state index in [2.05, 4.69) is 70.6 Å². The quantitative estimate of drug-likeness (QED) is 0.132. The third-order valence-corrected chi connectivity index (χ3v) is 9.83. The third kappa shape index (κ3) is 7.52. The van der Waals surface area contributed by atoms with Crippen LogP contribution in [0.25, 0.3) is 50.8 Å². The normalized spacial score (nSPS) is 13.2. The van der Waals surface area contributed by atoms with Crippen molar-refractivity contribution in [3.63, 3.8) is 0 Å². The summed E-state index contributed by atoms with van der Waals surface area (Å²) in [4.78, 5) is 41.5. The molecule has 0 N–H and O–H groups in total. The number of nitrogens with zero attached hydrogens (tertiary/aromatic N) is 9. The van der Waals surface area contributed by atoms with Gasteiger partial charge in [0, 0.05) is 66.4 Å². The monoisotopic (exact) mass is 767 g/mol. The summed E-state index contributed by atoms with van der Waals surface area (Å²) in [5.41, 5.74) is 5.48. The van der Waals surface area contributed by atoms with E-state index in [9.17, 15) is 18.8 Å². The van der Waals surface area contributed by atoms with Gasteiger partial charge >= 0.3 is 0 Å². The number of halogens is 2. The Morgan fingerprint density at radius 2 is 1.47 bits per heavy atom. The van der Waals surface area contributed by atoms with Crippen LogP contribution in [-0.2, 0) is 25.8 Å². The maximum absolute atomic E-state index is 13.9. The lowest BCUT2D eigenvalue weighted by Gasteiger charge is -2.22. The Kier molecular flexibility index (Phi) is 9.26. The summed E-state index contributed by atoms with van der Waals surface area (Å²) < 4.78 is 42.1. The molecule has 1 aliphatic rings. The minimum Gasteiger partial charge on any atom is -0.441 e. The number of fused-ring (bicyclic) bond motifs is 2. The molecule has 0 fully saturated rings. The number of hydrogen-bond donors (Lipinski definition) is 0. The van der Waals surface area contributed by atoms with Gasteiger partial charge in [-0.1, -0.05) is 34.6 Å². The van der Waals surface area contributed by atoms with E-state index in [0.717, 1.165) is 5.69 Å². The van der Waals surface area contributed by atoms with Gasteiger partial charge in [-0.3, -0.25) is 9.78 Å². The van der Waals surface area contributed by atoms with Crippen molar-refractivity contribution >= 4 is 11.6 Å². The van der Waals surface area contributed by atoms with E-state index in [-0.39, 0.29) is 28.1 Å². The van der Waals surface area contributed by atoms with Gasteiger partial charge in [-0.25, -0.2) is 33.7 Å². The van der Waals surface area contributed by atoms with Crippen molar-refractivity contribution in [3.8, 4) is 51.2 Å². The molecule has 0 aromatic carbocycles. The highest BCUT2D eigenvalue weighted by molar-refractivity contribution is 5.99. The zero-order chi connectivity index (χ0) is 40.2. The SMILES string of the molecule is CN1Cc2ncc(-c3nc(C#N)ccc3-c3cnc(CC(C)(C)Cc4cnc5cc(-c6nc(C(F)F)ccc6-c6cnc(CC(C)(C)C)o6)ccn45)o3)cc2C1=O. The molecular formula is C43H39F2N9O3. The molecule has 288 valence electrons. The summed E-state index contributed by atoms with van der Waals surface area (Å²) in [7, 11) is 1.73. The fourth-order valence-corrected chi connectivity index (χ4v) is 7.15. The zero-order valence-electron chi connectivity index (χ0n) is 32.3. The number of carbonyl (C=O) groups is 1. The van der Waals surface area contributed by atoms with Crippen LogP contribution in [0.15, 0.2) is 82.3 Å². The molecule has 0 atom stereocenters. The Hall–Kier alpha value is -6.62. The molecule has 0 saturated heterocycles. The number of pyridine rings is 4. The lowest BCUT2D eigenvalue weighted by Crippen LogP contribution is -2.19. The first-order valence-corrected chi connectivity index (χ1v) is 18.5. The van der Waals surface area contributed by atoms with Crippen molar-refractivity contribution in [2.75, 3.05) is 7.05 Å². The van der Waals surface area contributed by atoms with Crippen molar-refractivity contribution in [1.29, 1.82) is 5.26 Å². The fourth-order valence-electron chi connectivity index (χ4n) is 7.15. The Labute approximate surface area is 327 Å². The van der Waals surface area contributed by atoms with Crippen LogP contribution < -0.4 is 0 Å². The number of carbonyl (C=O) groups excluding carboxylic acids is 1. The molecule has 14 heteroatoms. The number of aromatic nitrogens is 7. The standard InChI is InChI=1S/C43H39F2N9O3/c1-42(2,3)16-36-49-21-34(56-36)29-9-10-31(40(44)45)52-38(29)24-11-12-54-27(20-48-35(54)14-24)15-43(4,5)17-37-50-22-33(57-37)28-8-7-26(18-46)51-39(28)25-13-30-32(47-19-25)23-53(6)41(30)55/h7-14,19-22,40H,15-17,23H2,1-6H3. The molecular weight excluding hydrogens is 729 g/mol. The molecule has 7 aromatic rings. The summed E-state index contributed by atoms with van der Waals surface area (Å²) in [6.07, 6.45) is 7.57. The predicted octanol–water partition coefficient (Wildman–Crippen LogP) is 8.96. The van der Waals surface area contributed by atoms with E-state index in [4.69, 9.17) is 8.83 Å². The van der Waals surface area contributed by atoms with Crippen molar-refractivity contribution in [2.24, 2.45) is 10.8 Å². The predicted molar refractivity (Wildman–Crippen MR) is 207 cm³/mol. The van der Waals surface area contributed by atoms with E-state index in [1.807, 2.05) is 28.9 Å². The highest BCUT2D eigenvalue weighted by Gasteiger charge is 2.29. The smallest absolute Gasteiger partial charge is 0.280 e. The molecule has 1 amide bonds. The highest BCUT2D eigenvalue weighted by atomic mass is 19.3. The van der Waals surface area contributed by atoms with Gasteiger partial charge in [-0.05, 0) is 59.7 Å². The fraction of sp³-hybridized carbons (Fsp3) is 0.302. The van der Waals surface area contributed by atoms with Crippen LogP contribution in [0, 0.1) is 22.2 Å². The van der Waals surface area contributed by atoms with Gasteiger partial charge in [-0.15, -0.1) is 0 Å². The minimum absolute atomic E-state index is 0.0464. The lowest BCUT2D eigenvalue weighted by atomic mass is 9.84. The Morgan fingerprint density at radius 1 is 0.789 bits per heavy atom. The molecule has 8 heterocycles. The number of hydrogen-bond acceptors (Lipinski definition) is 10. The first-order valence-electron chi connectivity index (χ1n) is 18.5. The highest BCUT2D eigenvalue weighted by Crippen LogP contribution is 2.37. The van der Waals surface area contributed by atoms with Crippen LogP contribution >= 0.6 is 0 Å². The van der Waals surface area contributed by atoms with E-state index < -0.39 is 6.43 Å². The maximum atomic E-state index is 13.9. The summed E-state index contributed by atoms with van der Waals surface area (Å²) >= 11 is 0. The summed E-state index contributed by atoms with van der Waals surface area (Å²) in [5, 5.41) is 9.62. The number of rotatable bonds is 10. The second kappa shape index (κ2) is 14.1. The van der Waals surface area contributed by atoms with Crippen LogP contribution in [0.4, 0.5) is 8.78 Å². The molecule has 0 radical (unpaired) electrons. The minimum atomic E-state index is -2.74. The second-order valence-corrected chi connectivity index (χ2v) is 16.4. The van der Waals surface area contributed by atoms with E-state index in [1.54, 1.807) is 54.8 Å². The number of alkyl halides is 2. The zero-order valence-corrected chi connectivity index (χ0v) is 32.3. The van der Waals surface area contributed by atoms with Gasteiger partial charge in [0.1, 0.15) is 23.1 Å². The van der Waals surface area contributed by atoms with Crippen LogP contribution in [0.1, 0.15) is 86.0 Å². The van der Waals surface area contributed by atoms with Crippen LogP contribution in [0.3, 0.4) is 0 Å². The molecule has 0 saturated carbocycles. The molecule has 12 nitrogen and oxygen atoms in total. The van der Waals surface area contributed by atoms with Crippen molar-refractivity contribution in [2.45, 2.75) is 66.9 Å². The molecule has 0 spiro atoms. The molecule has 1 aliphatic heterocycles. The Balaban J connectivity index is 1.04. The molecule has 0 unspecified atom stereocenters. The molecule has 0 bridgehead atoms. The molecule has 0 aliphatic carbocycles. The Morgan fingerprint density at radius 3 is 2.16 bits per heavy atom. The largest absolute Gasteiger partial charge is 0.441 e. The molecule has 57 heavy (non-hydrogen) atoms. The number of imidazole rings is 1. The van der Waals surface area contributed by atoms with E-state index in [0.29, 0.717) is 99.7 Å². The first kappa shape index (κ1) is 37.3. The van der Waals surface area contributed by atoms with Crippen LogP contribution in [-0.4, -0.2) is 52.2 Å². The lowest BCUT2D eigenvalue weighted by molar-refractivity contribution is 0.0816.